The summed E-state index contributed by atoms with van der Waals surface area (Å²) in [6.07, 6.45) is 0. The number of hydrogen-bond acceptors (Lipinski definition) is 6. The number of carbonyl (C=O) groups excluding carboxylic acids is 1. The number of anilines is 1. The van der Waals surface area contributed by atoms with Crippen molar-refractivity contribution in [2.75, 3.05) is 46.3 Å². The Hall–Kier alpha value is -2.35. The van der Waals surface area contributed by atoms with Crippen LogP contribution >= 0.6 is 23.7 Å². The lowest BCUT2D eigenvalue weighted by Crippen LogP contribution is -2.36. The smallest absolute Gasteiger partial charge is 0.260 e. The zero-order chi connectivity index (χ0) is 19.4. The Morgan fingerprint density at radius 1 is 1.04 bits per heavy atom. The second-order valence-electron chi connectivity index (χ2n) is 6.29. The molecule has 0 saturated carbocycles. The van der Waals surface area contributed by atoms with Crippen LogP contribution in [-0.2, 0) is 0 Å². The van der Waals surface area contributed by atoms with Crippen molar-refractivity contribution in [2.24, 2.45) is 0 Å². The number of methoxy groups -OCH3 is 2. The van der Waals surface area contributed by atoms with E-state index in [1.165, 1.54) is 11.3 Å². The highest BCUT2D eigenvalue weighted by atomic mass is 35.5. The van der Waals surface area contributed by atoms with Crippen molar-refractivity contribution in [3.05, 3.63) is 48.0 Å². The quantitative estimate of drug-likeness (QED) is 0.578. The third-order valence-corrected chi connectivity index (χ3v) is 5.22. The Morgan fingerprint density at radius 2 is 1.75 bits per heavy atom. The summed E-state index contributed by atoms with van der Waals surface area (Å²) in [6.45, 7) is 1.27. The van der Waals surface area contributed by atoms with Crippen LogP contribution in [0.25, 0.3) is 10.2 Å². The monoisotopic (exact) mass is 421 g/mol. The third-order valence-electron chi connectivity index (χ3n) is 4.17. The fourth-order valence-electron chi connectivity index (χ4n) is 2.67. The number of amides is 1. The molecule has 0 atom stereocenters. The van der Waals surface area contributed by atoms with Gasteiger partial charge in [0.2, 0.25) is 0 Å². The first-order valence-corrected chi connectivity index (χ1v) is 9.39. The van der Waals surface area contributed by atoms with Crippen LogP contribution < -0.4 is 14.4 Å². The third kappa shape index (κ3) is 4.73. The zero-order valence-corrected chi connectivity index (χ0v) is 18.0. The number of likely N-dealkylation sites (N-methyl/N-ethyl adjacent to an activating group) is 1. The van der Waals surface area contributed by atoms with Crippen molar-refractivity contribution in [1.82, 2.24) is 9.88 Å². The number of nitrogens with zero attached hydrogens (tertiary/aromatic N) is 3. The summed E-state index contributed by atoms with van der Waals surface area (Å²) in [4.78, 5) is 21.7. The van der Waals surface area contributed by atoms with Gasteiger partial charge in [0, 0.05) is 18.7 Å². The molecule has 6 nitrogen and oxygen atoms in total. The number of rotatable bonds is 7. The van der Waals surface area contributed by atoms with E-state index in [4.69, 9.17) is 14.5 Å². The summed E-state index contributed by atoms with van der Waals surface area (Å²) in [6, 6.07) is 12.9. The van der Waals surface area contributed by atoms with Crippen LogP contribution in [0.4, 0.5) is 5.13 Å². The molecule has 0 aliphatic carbocycles. The fourth-order valence-corrected chi connectivity index (χ4v) is 3.67. The maximum Gasteiger partial charge on any atom is 0.260 e. The molecule has 2 aromatic carbocycles. The number of para-hydroxylation sites is 1. The largest absolute Gasteiger partial charge is 0.497 e. The van der Waals surface area contributed by atoms with Crippen molar-refractivity contribution in [3.63, 3.8) is 0 Å². The van der Waals surface area contributed by atoms with Crippen LogP contribution in [0.2, 0.25) is 0 Å². The summed E-state index contributed by atoms with van der Waals surface area (Å²) in [5.74, 6) is 1.34. The maximum atomic E-state index is 13.2. The van der Waals surface area contributed by atoms with Gasteiger partial charge >= 0.3 is 0 Å². The van der Waals surface area contributed by atoms with E-state index in [1.807, 2.05) is 37.2 Å². The topological polar surface area (TPSA) is 54.9 Å². The predicted octanol–water partition coefficient (Wildman–Crippen LogP) is 3.94. The summed E-state index contributed by atoms with van der Waals surface area (Å²) in [5, 5.41) is 0.664. The number of hydrogen-bond donors (Lipinski definition) is 0. The van der Waals surface area contributed by atoms with Gasteiger partial charge in [-0.25, -0.2) is 4.98 Å². The average Bonchev–Trinajstić information content (AvgIpc) is 3.11. The van der Waals surface area contributed by atoms with E-state index in [0.717, 1.165) is 22.5 Å². The van der Waals surface area contributed by atoms with Gasteiger partial charge in [0.05, 0.1) is 18.9 Å². The van der Waals surface area contributed by atoms with E-state index in [2.05, 4.69) is 0 Å². The number of fused-ring (bicyclic) bond motifs is 1. The number of carbonyl (C=O) groups is 1. The van der Waals surface area contributed by atoms with E-state index >= 15 is 0 Å². The lowest BCUT2D eigenvalue weighted by molar-refractivity contribution is 0.0985. The molecule has 0 aliphatic rings. The van der Waals surface area contributed by atoms with Crippen LogP contribution in [0, 0.1) is 0 Å². The molecule has 0 bridgehead atoms. The van der Waals surface area contributed by atoms with E-state index in [0.29, 0.717) is 23.0 Å². The molecule has 1 aromatic heterocycles. The highest BCUT2D eigenvalue weighted by Gasteiger charge is 2.22. The Kier molecular flexibility index (Phi) is 7.62. The Bertz CT molecular complexity index is 928. The first kappa shape index (κ1) is 21.9. The van der Waals surface area contributed by atoms with Crippen LogP contribution in [0.1, 0.15) is 10.4 Å². The van der Waals surface area contributed by atoms with Gasteiger partial charge in [-0.2, -0.15) is 0 Å². The van der Waals surface area contributed by atoms with Crippen LogP contribution in [0.5, 0.6) is 11.5 Å². The fraction of sp³-hybridized carbons (Fsp3) is 0.300. The van der Waals surface area contributed by atoms with Gasteiger partial charge in [0.25, 0.3) is 5.91 Å². The second-order valence-corrected chi connectivity index (χ2v) is 7.30. The molecule has 0 aliphatic heterocycles. The van der Waals surface area contributed by atoms with Gasteiger partial charge < -0.3 is 14.4 Å². The van der Waals surface area contributed by atoms with Gasteiger partial charge in [0.1, 0.15) is 17.0 Å². The van der Waals surface area contributed by atoms with E-state index in [-0.39, 0.29) is 18.3 Å². The lowest BCUT2D eigenvalue weighted by Gasteiger charge is -2.22. The number of thiazole rings is 1. The van der Waals surface area contributed by atoms with Gasteiger partial charge in [-0.15, -0.1) is 12.4 Å². The van der Waals surface area contributed by atoms with Crippen molar-refractivity contribution >= 4 is 45.0 Å². The Balaban J connectivity index is 0.00000280. The second kappa shape index (κ2) is 9.73. The molecular formula is C20H24ClN3O3S. The molecule has 1 amide bonds. The van der Waals surface area contributed by atoms with Crippen molar-refractivity contribution in [3.8, 4) is 11.5 Å². The maximum absolute atomic E-state index is 13.2. The minimum Gasteiger partial charge on any atom is -0.497 e. The Morgan fingerprint density at radius 3 is 2.36 bits per heavy atom. The first-order valence-electron chi connectivity index (χ1n) is 8.57. The molecule has 0 fully saturated rings. The molecule has 1 heterocycles. The average molecular weight is 422 g/mol. The highest BCUT2D eigenvalue weighted by molar-refractivity contribution is 7.22. The van der Waals surface area contributed by atoms with E-state index in [9.17, 15) is 4.79 Å². The molecule has 28 heavy (non-hydrogen) atoms. The molecule has 0 saturated heterocycles. The molecule has 8 heteroatoms. The van der Waals surface area contributed by atoms with Gasteiger partial charge in [-0.05, 0) is 50.5 Å². The van der Waals surface area contributed by atoms with Gasteiger partial charge in [-0.1, -0.05) is 17.4 Å². The van der Waals surface area contributed by atoms with E-state index in [1.54, 1.807) is 43.4 Å². The normalized spacial score (nSPS) is 10.6. The molecule has 3 aromatic rings. The number of benzene rings is 2. The summed E-state index contributed by atoms with van der Waals surface area (Å²) < 4.78 is 11.6. The summed E-state index contributed by atoms with van der Waals surface area (Å²) in [7, 11) is 7.20. The molecular weight excluding hydrogens is 398 g/mol. The van der Waals surface area contributed by atoms with Crippen molar-refractivity contribution in [2.45, 2.75) is 0 Å². The number of halogens is 1. The van der Waals surface area contributed by atoms with Crippen molar-refractivity contribution in [1.29, 1.82) is 0 Å². The molecule has 0 radical (unpaired) electrons. The SMILES string of the molecule is COc1ccc(C(=O)N(CCN(C)C)c2nc3c(OC)cccc3s2)cc1.Cl. The molecule has 3 rings (SSSR count). The Labute approximate surface area is 175 Å². The standard InChI is InChI=1S/C20H23N3O3S.ClH/c1-22(2)12-13-23(19(24)14-8-10-15(25-3)11-9-14)20-21-18-16(26-4)6-5-7-17(18)27-20;/h5-11H,12-13H2,1-4H3;1H. The van der Waals surface area contributed by atoms with Crippen LogP contribution in [0.3, 0.4) is 0 Å². The van der Waals surface area contributed by atoms with E-state index < -0.39 is 0 Å². The molecule has 0 N–H and O–H groups in total. The zero-order valence-electron chi connectivity index (χ0n) is 16.3. The van der Waals surface area contributed by atoms with Gasteiger partial charge in [-0.3, -0.25) is 9.69 Å². The summed E-state index contributed by atoms with van der Waals surface area (Å²) in [5.41, 5.74) is 1.37. The van der Waals surface area contributed by atoms with Gasteiger partial charge in [0.15, 0.2) is 5.13 Å². The molecule has 0 spiro atoms. The molecule has 150 valence electrons. The number of aromatic nitrogens is 1. The number of ether oxygens (including phenoxy) is 2. The minimum atomic E-state index is -0.0856. The highest BCUT2D eigenvalue weighted by Crippen LogP contribution is 2.34. The van der Waals surface area contributed by atoms with Crippen LogP contribution in [0.15, 0.2) is 42.5 Å². The summed E-state index contributed by atoms with van der Waals surface area (Å²) >= 11 is 1.49. The minimum absolute atomic E-state index is 0. The predicted molar refractivity (Wildman–Crippen MR) is 117 cm³/mol. The van der Waals surface area contributed by atoms with Crippen LogP contribution in [-0.4, -0.2) is 57.2 Å². The van der Waals surface area contributed by atoms with Crippen molar-refractivity contribution < 1.29 is 14.3 Å². The lowest BCUT2D eigenvalue weighted by atomic mass is 10.2. The molecule has 0 unspecified atom stereocenters. The first-order chi connectivity index (χ1) is 13.0.